The zero-order chi connectivity index (χ0) is 18.0. The van der Waals surface area contributed by atoms with E-state index in [0.29, 0.717) is 17.0 Å². The van der Waals surface area contributed by atoms with Gasteiger partial charge in [-0.15, -0.1) is 21.5 Å². The fourth-order valence-electron chi connectivity index (χ4n) is 3.40. The molecule has 0 spiro atoms. The molecule has 1 saturated carbocycles. The first-order valence-corrected chi connectivity index (χ1v) is 9.62. The third-order valence-corrected chi connectivity index (χ3v) is 6.15. The SMILES string of the molecule is Cc1cc(-c2cc(C3CC3c3nc(Cl)cs3)nn2C)nn2c(C)nnc12. The number of rotatable bonds is 3. The lowest BCUT2D eigenvalue weighted by Gasteiger charge is -2.04. The fraction of sp³-hybridized carbons (Fsp3) is 0.353. The zero-order valence-corrected chi connectivity index (χ0v) is 16.1. The average Bonchev–Trinajstić information content (AvgIpc) is 2.91. The van der Waals surface area contributed by atoms with Crippen molar-refractivity contribution >= 4 is 28.6 Å². The molecule has 1 fully saturated rings. The molecular formula is C17H16ClN7S. The maximum Gasteiger partial charge on any atom is 0.180 e. The molecule has 7 nitrogen and oxygen atoms in total. The first-order chi connectivity index (χ1) is 12.5. The van der Waals surface area contributed by atoms with E-state index in [-0.39, 0.29) is 0 Å². The largest absolute Gasteiger partial charge is 0.266 e. The van der Waals surface area contributed by atoms with Crippen molar-refractivity contribution in [1.82, 2.24) is 34.6 Å². The Balaban J connectivity index is 1.51. The van der Waals surface area contributed by atoms with E-state index in [0.717, 1.165) is 45.5 Å². The highest BCUT2D eigenvalue weighted by molar-refractivity contribution is 7.10. The van der Waals surface area contributed by atoms with Crippen LogP contribution in [0.5, 0.6) is 0 Å². The number of thiazole rings is 1. The predicted octanol–water partition coefficient (Wildman–Crippen LogP) is 3.52. The molecule has 0 amide bonds. The summed E-state index contributed by atoms with van der Waals surface area (Å²) in [6.07, 6.45) is 1.07. The Labute approximate surface area is 158 Å². The molecule has 9 heteroatoms. The Kier molecular flexibility index (Phi) is 3.42. The lowest BCUT2D eigenvalue weighted by atomic mass is 10.2. The summed E-state index contributed by atoms with van der Waals surface area (Å²) in [6, 6.07) is 4.17. The highest BCUT2D eigenvalue weighted by Crippen LogP contribution is 2.55. The van der Waals surface area contributed by atoms with Gasteiger partial charge in [0.05, 0.1) is 16.4 Å². The van der Waals surface area contributed by atoms with Gasteiger partial charge >= 0.3 is 0 Å². The van der Waals surface area contributed by atoms with E-state index in [9.17, 15) is 0 Å². The molecule has 0 aromatic carbocycles. The van der Waals surface area contributed by atoms with Crippen LogP contribution in [0.15, 0.2) is 17.5 Å². The van der Waals surface area contributed by atoms with Gasteiger partial charge in [0.2, 0.25) is 0 Å². The van der Waals surface area contributed by atoms with Gasteiger partial charge < -0.3 is 0 Å². The highest BCUT2D eigenvalue weighted by Gasteiger charge is 2.43. The Morgan fingerprint density at radius 3 is 2.77 bits per heavy atom. The minimum Gasteiger partial charge on any atom is -0.266 e. The normalized spacial score (nSPS) is 19.4. The minimum atomic E-state index is 0.402. The molecule has 2 atom stereocenters. The number of hydrogen-bond donors (Lipinski definition) is 0. The van der Waals surface area contributed by atoms with Crippen molar-refractivity contribution in [2.75, 3.05) is 0 Å². The van der Waals surface area contributed by atoms with Gasteiger partial charge in [0, 0.05) is 24.3 Å². The molecule has 0 bridgehead atoms. The smallest absolute Gasteiger partial charge is 0.180 e. The Hall–Kier alpha value is -2.32. The maximum absolute atomic E-state index is 5.96. The number of nitrogens with zero attached hydrogens (tertiary/aromatic N) is 7. The van der Waals surface area contributed by atoms with E-state index in [4.69, 9.17) is 21.8 Å². The third-order valence-electron chi connectivity index (χ3n) is 4.85. The fourth-order valence-corrected chi connectivity index (χ4v) is 4.53. The van der Waals surface area contributed by atoms with Crippen molar-refractivity contribution < 1.29 is 0 Å². The molecule has 0 radical (unpaired) electrons. The third kappa shape index (κ3) is 2.44. The van der Waals surface area contributed by atoms with Crippen LogP contribution in [-0.2, 0) is 7.05 Å². The monoisotopic (exact) mass is 385 g/mol. The van der Waals surface area contributed by atoms with E-state index in [1.165, 1.54) is 0 Å². The van der Waals surface area contributed by atoms with E-state index in [1.54, 1.807) is 15.9 Å². The molecule has 0 aliphatic heterocycles. The molecule has 0 N–H and O–H groups in total. The number of aryl methyl sites for hydroxylation is 3. The summed E-state index contributed by atoms with van der Waals surface area (Å²) in [7, 11) is 1.96. The molecule has 4 aromatic heterocycles. The van der Waals surface area contributed by atoms with E-state index < -0.39 is 0 Å². The van der Waals surface area contributed by atoms with Crippen LogP contribution in [0.2, 0.25) is 5.15 Å². The second-order valence-corrected chi connectivity index (χ2v) is 8.01. The van der Waals surface area contributed by atoms with Crippen LogP contribution in [-0.4, -0.2) is 34.6 Å². The highest BCUT2D eigenvalue weighted by atomic mass is 35.5. The van der Waals surface area contributed by atoms with Crippen LogP contribution >= 0.6 is 22.9 Å². The molecule has 4 heterocycles. The molecule has 132 valence electrons. The van der Waals surface area contributed by atoms with Crippen LogP contribution in [0, 0.1) is 13.8 Å². The second kappa shape index (κ2) is 5.59. The summed E-state index contributed by atoms with van der Waals surface area (Å²) in [4.78, 5) is 4.41. The van der Waals surface area contributed by atoms with Crippen molar-refractivity contribution in [2.24, 2.45) is 7.05 Å². The molecule has 1 aliphatic rings. The number of fused-ring (bicyclic) bond motifs is 1. The Bertz CT molecular complexity index is 1140. The van der Waals surface area contributed by atoms with Gasteiger partial charge in [0.1, 0.15) is 10.8 Å². The maximum atomic E-state index is 5.96. The van der Waals surface area contributed by atoms with E-state index in [1.807, 2.05) is 37.0 Å². The zero-order valence-electron chi connectivity index (χ0n) is 14.5. The number of hydrogen-bond acceptors (Lipinski definition) is 6. The van der Waals surface area contributed by atoms with E-state index in [2.05, 4.69) is 21.2 Å². The van der Waals surface area contributed by atoms with Crippen LogP contribution in [0.3, 0.4) is 0 Å². The van der Waals surface area contributed by atoms with Gasteiger partial charge in [-0.05, 0) is 38.0 Å². The number of aromatic nitrogens is 7. The van der Waals surface area contributed by atoms with Crippen LogP contribution in [0.1, 0.15) is 40.3 Å². The standard InChI is InChI=1S/C17H16ClN7S/c1-8-4-13(23-25-9(2)20-21-16(8)25)14-6-12(22-24(14)3)10-5-11(10)17-19-15(18)7-26-17/h4,6-7,10-11H,5H2,1-3H3. The molecule has 4 aromatic rings. The van der Waals surface area contributed by atoms with E-state index >= 15 is 0 Å². The Morgan fingerprint density at radius 2 is 2.00 bits per heavy atom. The van der Waals surface area contributed by atoms with Crippen LogP contribution in [0.4, 0.5) is 0 Å². The molecule has 2 unspecified atom stereocenters. The van der Waals surface area contributed by atoms with Crippen molar-refractivity contribution in [3.05, 3.63) is 44.8 Å². The van der Waals surface area contributed by atoms with Crippen molar-refractivity contribution in [2.45, 2.75) is 32.1 Å². The number of halogens is 1. The van der Waals surface area contributed by atoms with Gasteiger partial charge in [0.15, 0.2) is 11.5 Å². The molecule has 1 aliphatic carbocycles. The van der Waals surface area contributed by atoms with Gasteiger partial charge in [-0.1, -0.05) is 11.6 Å². The summed E-state index contributed by atoms with van der Waals surface area (Å²) in [5, 5.41) is 21.3. The first-order valence-electron chi connectivity index (χ1n) is 8.36. The van der Waals surface area contributed by atoms with Gasteiger partial charge in [-0.3, -0.25) is 4.68 Å². The van der Waals surface area contributed by atoms with Crippen LogP contribution in [0.25, 0.3) is 17.0 Å². The summed E-state index contributed by atoms with van der Waals surface area (Å²) in [6.45, 7) is 3.92. The van der Waals surface area contributed by atoms with Crippen molar-refractivity contribution in [1.29, 1.82) is 0 Å². The Morgan fingerprint density at radius 1 is 1.15 bits per heavy atom. The average molecular weight is 386 g/mol. The summed E-state index contributed by atoms with van der Waals surface area (Å²) in [5.41, 5.74) is 4.77. The molecule has 5 rings (SSSR count). The van der Waals surface area contributed by atoms with Gasteiger partial charge in [-0.2, -0.15) is 14.7 Å². The molecule has 0 saturated heterocycles. The van der Waals surface area contributed by atoms with Crippen molar-refractivity contribution in [3.63, 3.8) is 0 Å². The summed E-state index contributed by atoms with van der Waals surface area (Å²) in [5.74, 6) is 1.60. The predicted molar refractivity (Wildman–Crippen MR) is 99.7 cm³/mol. The minimum absolute atomic E-state index is 0.402. The topological polar surface area (TPSA) is 73.8 Å². The van der Waals surface area contributed by atoms with Gasteiger partial charge in [-0.25, -0.2) is 4.98 Å². The quantitative estimate of drug-likeness (QED) is 0.539. The second-order valence-electron chi connectivity index (χ2n) is 6.73. The van der Waals surface area contributed by atoms with Crippen LogP contribution < -0.4 is 0 Å². The summed E-state index contributed by atoms with van der Waals surface area (Å²) < 4.78 is 3.68. The summed E-state index contributed by atoms with van der Waals surface area (Å²) >= 11 is 7.58. The first kappa shape index (κ1) is 15.9. The van der Waals surface area contributed by atoms with Crippen molar-refractivity contribution in [3.8, 4) is 11.4 Å². The van der Waals surface area contributed by atoms with Gasteiger partial charge in [0.25, 0.3) is 0 Å². The molecule has 26 heavy (non-hydrogen) atoms. The lowest BCUT2D eigenvalue weighted by Crippen LogP contribution is -2.02. The lowest BCUT2D eigenvalue weighted by molar-refractivity contribution is 0.741. The molecular weight excluding hydrogens is 370 g/mol.